The lowest BCUT2D eigenvalue weighted by atomic mass is 10.0. The van der Waals surface area contributed by atoms with Crippen molar-refractivity contribution in [3.63, 3.8) is 0 Å². The summed E-state index contributed by atoms with van der Waals surface area (Å²) in [4.78, 5) is 26.3. The number of carbonyl (C=O) groups excluding carboxylic acids is 2. The molecule has 1 unspecified atom stereocenters. The van der Waals surface area contributed by atoms with Crippen molar-refractivity contribution < 1.29 is 18.7 Å². The van der Waals surface area contributed by atoms with Crippen molar-refractivity contribution in [2.45, 2.75) is 51.4 Å². The van der Waals surface area contributed by atoms with Crippen molar-refractivity contribution in [2.24, 2.45) is 0 Å². The maximum atomic E-state index is 13.4. The van der Waals surface area contributed by atoms with Crippen LogP contribution in [0.5, 0.6) is 0 Å². The summed E-state index contributed by atoms with van der Waals surface area (Å²) >= 11 is 2.20. The first-order valence-corrected chi connectivity index (χ1v) is 9.39. The van der Waals surface area contributed by atoms with Gasteiger partial charge in [-0.3, -0.25) is 4.79 Å². The molecule has 2 atom stereocenters. The fraction of sp³-hybridized carbons (Fsp3) is 0.556. The van der Waals surface area contributed by atoms with Crippen LogP contribution in [0, 0.1) is 3.57 Å². The Morgan fingerprint density at radius 3 is 2.52 bits per heavy atom. The summed E-state index contributed by atoms with van der Waals surface area (Å²) in [6, 6.07) is 6.94. The molecular weight excluding hydrogens is 438 g/mol. The van der Waals surface area contributed by atoms with Crippen molar-refractivity contribution in [1.29, 1.82) is 0 Å². The SMILES string of the molecule is CC(C)(C)OC(=O)N[C@@H](Cc1ccc(I)cc1)C(=O)N1CCC(F)C1. The smallest absolute Gasteiger partial charge is 0.408 e. The second-order valence-electron chi connectivity index (χ2n) is 7.20. The minimum atomic E-state index is -0.996. The number of halogens is 2. The molecule has 1 fully saturated rings. The van der Waals surface area contributed by atoms with Crippen LogP contribution in [-0.4, -0.2) is 47.8 Å². The summed E-state index contributed by atoms with van der Waals surface area (Å²) in [5.41, 5.74) is 0.268. The van der Waals surface area contributed by atoms with Crippen molar-refractivity contribution in [3.8, 4) is 0 Å². The number of hydrogen-bond acceptors (Lipinski definition) is 3. The Hall–Kier alpha value is -1.38. The maximum Gasteiger partial charge on any atom is 0.408 e. The van der Waals surface area contributed by atoms with Crippen molar-refractivity contribution >= 4 is 34.6 Å². The van der Waals surface area contributed by atoms with E-state index in [-0.39, 0.29) is 12.5 Å². The molecule has 0 aliphatic carbocycles. The van der Waals surface area contributed by atoms with E-state index >= 15 is 0 Å². The highest BCUT2D eigenvalue weighted by molar-refractivity contribution is 14.1. The third kappa shape index (κ3) is 6.45. The van der Waals surface area contributed by atoms with Gasteiger partial charge in [0.15, 0.2) is 0 Å². The molecule has 1 aliphatic rings. The Bertz CT molecular complexity index is 616. The zero-order valence-electron chi connectivity index (χ0n) is 14.7. The molecule has 1 aromatic carbocycles. The predicted octanol–water partition coefficient (Wildman–Crippen LogP) is 3.30. The lowest BCUT2D eigenvalue weighted by Gasteiger charge is -2.26. The summed E-state index contributed by atoms with van der Waals surface area (Å²) in [7, 11) is 0. The van der Waals surface area contributed by atoms with Gasteiger partial charge in [-0.05, 0) is 67.5 Å². The molecule has 2 rings (SSSR count). The number of benzene rings is 1. The van der Waals surface area contributed by atoms with E-state index in [1.807, 2.05) is 24.3 Å². The van der Waals surface area contributed by atoms with Gasteiger partial charge in [-0.15, -0.1) is 0 Å². The monoisotopic (exact) mass is 462 g/mol. The van der Waals surface area contributed by atoms with Crippen LogP contribution in [-0.2, 0) is 16.0 Å². The topological polar surface area (TPSA) is 58.6 Å². The minimum absolute atomic E-state index is 0.0814. The van der Waals surface area contributed by atoms with Gasteiger partial charge in [-0.1, -0.05) is 12.1 Å². The number of ether oxygens (including phenoxy) is 1. The number of rotatable bonds is 4. The third-order valence-electron chi connectivity index (χ3n) is 3.78. The molecule has 1 aromatic rings. The van der Waals surface area contributed by atoms with E-state index in [1.54, 1.807) is 20.8 Å². The average molecular weight is 462 g/mol. The first-order chi connectivity index (χ1) is 11.6. The van der Waals surface area contributed by atoms with Crippen LogP contribution in [0.2, 0.25) is 0 Å². The van der Waals surface area contributed by atoms with Crippen LogP contribution in [0.4, 0.5) is 9.18 Å². The fourth-order valence-corrected chi connectivity index (χ4v) is 3.00. The minimum Gasteiger partial charge on any atom is -0.444 e. The van der Waals surface area contributed by atoms with Crippen LogP contribution in [0.1, 0.15) is 32.8 Å². The molecule has 5 nitrogen and oxygen atoms in total. The van der Waals surface area contributed by atoms with Crippen LogP contribution in [0.15, 0.2) is 24.3 Å². The molecule has 1 saturated heterocycles. The van der Waals surface area contributed by atoms with Crippen molar-refractivity contribution in [1.82, 2.24) is 10.2 Å². The molecule has 7 heteroatoms. The summed E-state index contributed by atoms with van der Waals surface area (Å²) in [6.45, 7) is 5.74. The standard InChI is InChI=1S/C18H24FIN2O3/c1-18(2,3)25-17(24)21-15(10-12-4-6-14(20)7-5-12)16(23)22-9-8-13(19)11-22/h4-7,13,15H,8-11H2,1-3H3,(H,21,24)/t13?,15-/m0/s1. The number of alkyl carbamates (subject to hydrolysis) is 1. The zero-order chi connectivity index (χ0) is 18.6. The van der Waals surface area contributed by atoms with E-state index in [9.17, 15) is 14.0 Å². The number of likely N-dealkylation sites (tertiary alicyclic amines) is 1. The highest BCUT2D eigenvalue weighted by Gasteiger charge is 2.32. The largest absolute Gasteiger partial charge is 0.444 e. The third-order valence-corrected chi connectivity index (χ3v) is 4.50. The summed E-state index contributed by atoms with van der Waals surface area (Å²) in [6.07, 6.45) is -0.964. The average Bonchev–Trinajstić information content (AvgIpc) is 2.92. The lowest BCUT2D eigenvalue weighted by molar-refractivity contribution is -0.132. The normalized spacial score (nSPS) is 18.8. The fourth-order valence-electron chi connectivity index (χ4n) is 2.64. The molecule has 0 aromatic heterocycles. The quantitative estimate of drug-likeness (QED) is 0.699. The second-order valence-corrected chi connectivity index (χ2v) is 8.45. The van der Waals surface area contributed by atoms with E-state index in [0.29, 0.717) is 19.4 Å². The van der Waals surface area contributed by atoms with Gasteiger partial charge >= 0.3 is 6.09 Å². The van der Waals surface area contributed by atoms with E-state index < -0.39 is 23.9 Å². The van der Waals surface area contributed by atoms with E-state index in [0.717, 1.165) is 9.13 Å². The molecule has 0 bridgehead atoms. The van der Waals surface area contributed by atoms with Crippen molar-refractivity contribution in [2.75, 3.05) is 13.1 Å². The maximum absolute atomic E-state index is 13.4. The molecular formula is C18H24FIN2O3. The first kappa shape index (κ1) is 19.9. The molecule has 25 heavy (non-hydrogen) atoms. The molecule has 1 N–H and O–H groups in total. The predicted molar refractivity (Wildman–Crippen MR) is 102 cm³/mol. The van der Waals surface area contributed by atoms with Gasteiger partial charge in [0.05, 0.1) is 6.54 Å². The summed E-state index contributed by atoms with van der Waals surface area (Å²) < 4.78 is 19.8. The Morgan fingerprint density at radius 1 is 1.36 bits per heavy atom. The molecule has 2 amide bonds. The number of nitrogens with one attached hydrogen (secondary N) is 1. The lowest BCUT2D eigenvalue weighted by Crippen LogP contribution is -2.50. The number of hydrogen-bond donors (Lipinski definition) is 1. The molecule has 1 heterocycles. The van der Waals surface area contributed by atoms with Gasteiger partial charge in [0.1, 0.15) is 17.8 Å². The van der Waals surface area contributed by atoms with Crippen molar-refractivity contribution in [3.05, 3.63) is 33.4 Å². The van der Waals surface area contributed by atoms with Crippen LogP contribution < -0.4 is 5.32 Å². The van der Waals surface area contributed by atoms with E-state index in [2.05, 4.69) is 27.9 Å². The number of nitrogens with zero attached hydrogens (tertiary/aromatic N) is 1. The molecule has 0 saturated carbocycles. The Labute approximate surface area is 161 Å². The van der Waals surface area contributed by atoms with Crippen LogP contribution in [0.3, 0.4) is 0 Å². The number of alkyl halides is 1. The number of amides is 2. The highest BCUT2D eigenvalue weighted by Crippen LogP contribution is 2.16. The van der Waals surface area contributed by atoms with E-state index in [4.69, 9.17) is 4.74 Å². The zero-order valence-corrected chi connectivity index (χ0v) is 16.9. The Morgan fingerprint density at radius 2 is 2.00 bits per heavy atom. The van der Waals surface area contributed by atoms with E-state index in [1.165, 1.54) is 4.90 Å². The highest BCUT2D eigenvalue weighted by atomic mass is 127. The van der Waals surface area contributed by atoms with Gasteiger partial charge in [0.2, 0.25) is 5.91 Å². The summed E-state index contributed by atoms with van der Waals surface area (Å²) in [5.74, 6) is -0.274. The van der Waals surface area contributed by atoms with Crippen LogP contribution in [0.25, 0.3) is 0 Å². The molecule has 0 spiro atoms. The van der Waals surface area contributed by atoms with Gasteiger partial charge in [0.25, 0.3) is 0 Å². The van der Waals surface area contributed by atoms with Gasteiger partial charge in [-0.25, -0.2) is 9.18 Å². The Kier molecular flexibility index (Phi) is 6.65. The van der Waals surface area contributed by atoms with Crippen LogP contribution >= 0.6 is 22.6 Å². The van der Waals surface area contributed by atoms with Gasteiger partial charge in [-0.2, -0.15) is 0 Å². The second kappa shape index (κ2) is 8.33. The van der Waals surface area contributed by atoms with Gasteiger partial charge < -0.3 is 15.0 Å². The summed E-state index contributed by atoms with van der Waals surface area (Å²) in [5, 5.41) is 2.65. The number of carbonyl (C=O) groups is 2. The Balaban J connectivity index is 2.11. The first-order valence-electron chi connectivity index (χ1n) is 8.31. The van der Waals surface area contributed by atoms with Gasteiger partial charge in [0, 0.05) is 16.5 Å². The molecule has 138 valence electrons. The molecule has 0 radical (unpaired) electrons. The molecule has 1 aliphatic heterocycles.